The zero-order valence-electron chi connectivity index (χ0n) is 24.2. The Morgan fingerprint density at radius 3 is 2.08 bits per heavy atom. The van der Waals surface area contributed by atoms with Gasteiger partial charge in [-0.1, -0.05) is 0 Å². The Bertz CT molecular complexity index is 1270. The van der Waals surface area contributed by atoms with Gasteiger partial charge in [-0.25, -0.2) is 0 Å². The number of hydrogen-bond acceptors (Lipinski definition) is 0. The van der Waals surface area contributed by atoms with Crippen LogP contribution in [0.2, 0.25) is 16.7 Å². The number of allylic oxidation sites excluding steroid dienone is 5. The van der Waals surface area contributed by atoms with Gasteiger partial charge >= 0.3 is 224 Å². The summed E-state index contributed by atoms with van der Waals surface area (Å²) in [5, 5.41) is 0. The Labute approximate surface area is 247 Å². The molecule has 0 aromatic heterocycles. The molecule has 5 rings (SSSR count). The number of hydrogen-bond donors (Lipinski definition) is 0. The molecule has 0 bridgehead atoms. The number of halogens is 2. The van der Waals surface area contributed by atoms with E-state index >= 15 is 0 Å². The largest absolute Gasteiger partial charge is 1.00 e. The molecule has 3 aliphatic rings. The van der Waals surface area contributed by atoms with Crippen LogP contribution in [0.3, 0.4) is 0 Å². The monoisotopic (exact) mass is 627 g/mol. The summed E-state index contributed by atoms with van der Waals surface area (Å²) in [4.78, 5) is 0. The van der Waals surface area contributed by atoms with Crippen LogP contribution in [0.25, 0.3) is 17.2 Å². The Morgan fingerprint density at radius 2 is 1.49 bits per heavy atom. The second kappa shape index (κ2) is 11.8. The Balaban J connectivity index is 0.00000190. The van der Waals surface area contributed by atoms with Crippen molar-refractivity contribution >= 4 is 12.0 Å². The maximum absolute atomic E-state index is 2.71. The van der Waals surface area contributed by atoms with Gasteiger partial charge < -0.3 is 24.8 Å². The van der Waals surface area contributed by atoms with Crippen molar-refractivity contribution in [2.24, 2.45) is 0 Å². The molecule has 0 amide bonds. The van der Waals surface area contributed by atoms with Crippen molar-refractivity contribution in [3.05, 3.63) is 86.0 Å². The Morgan fingerprint density at radius 1 is 0.865 bits per heavy atom. The summed E-state index contributed by atoms with van der Waals surface area (Å²) in [6, 6.07) is 12.0. The van der Waals surface area contributed by atoms with E-state index in [9.17, 15) is 0 Å². The SMILES string of the molecule is CC1=Cc2c(cc3c(c2-c2ccccc2C(C)C)CCC3)[CH]1[Zr+2]([CH]1C(C)=C(C)C(C)=C1C)[SiH](C)C.[Cl-].[Cl-]. The third-order valence-electron chi connectivity index (χ3n) is 9.41. The van der Waals surface area contributed by atoms with Gasteiger partial charge in [0.1, 0.15) is 0 Å². The van der Waals surface area contributed by atoms with Crippen LogP contribution >= 0.6 is 0 Å². The van der Waals surface area contributed by atoms with Gasteiger partial charge in [0.2, 0.25) is 0 Å². The van der Waals surface area contributed by atoms with E-state index in [1.165, 1.54) is 30.4 Å². The molecule has 2 aromatic rings. The fourth-order valence-corrected chi connectivity index (χ4v) is 31.4. The number of fused-ring (bicyclic) bond motifs is 2. The third kappa shape index (κ3) is 5.03. The molecule has 37 heavy (non-hydrogen) atoms. The first-order valence-corrected chi connectivity index (χ1v) is 23.8. The predicted molar refractivity (Wildman–Crippen MR) is 154 cm³/mol. The first kappa shape index (κ1) is 30.9. The van der Waals surface area contributed by atoms with Gasteiger partial charge in [-0.3, -0.25) is 0 Å². The van der Waals surface area contributed by atoms with Crippen LogP contribution in [0.15, 0.2) is 58.2 Å². The minimum Gasteiger partial charge on any atom is -1.00 e. The minimum atomic E-state index is -1.89. The molecule has 0 N–H and O–H groups in total. The second-order valence-electron chi connectivity index (χ2n) is 12.0. The van der Waals surface area contributed by atoms with E-state index in [0.717, 1.165) is 7.25 Å². The zero-order chi connectivity index (χ0) is 25.2. The van der Waals surface area contributed by atoms with Crippen molar-refractivity contribution in [1.82, 2.24) is 0 Å². The molecule has 1 atom stereocenters. The molecule has 3 aliphatic carbocycles. The molecule has 0 nitrogen and oxygen atoms in total. The summed E-state index contributed by atoms with van der Waals surface area (Å²) in [5.41, 5.74) is 19.6. The predicted octanol–water partition coefficient (Wildman–Crippen LogP) is 3.51. The number of aryl methyl sites for hydroxylation is 1. The molecule has 4 heteroatoms. The van der Waals surface area contributed by atoms with Crippen molar-refractivity contribution in [2.45, 2.75) is 94.0 Å². The van der Waals surface area contributed by atoms with Crippen LogP contribution in [0, 0.1) is 0 Å². The second-order valence-corrected chi connectivity index (χ2v) is 32.1. The van der Waals surface area contributed by atoms with Crippen LogP contribution in [-0.2, 0) is 33.8 Å². The van der Waals surface area contributed by atoms with Gasteiger partial charge in [-0.15, -0.1) is 0 Å². The molecule has 1 unspecified atom stereocenters. The van der Waals surface area contributed by atoms with Gasteiger partial charge in [-0.2, -0.15) is 0 Å². The molecule has 197 valence electrons. The van der Waals surface area contributed by atoms with Crippen LogP contribution < -0.4 is 24.8 Å². The fraction of sp³-hybridized carbons (Fsp3) is 0.455. The molecule has 2 aromatic carbocycles. The summed E-state index contributed by atoms with van der Waals surface area (Å²) in [6.07, 6.45) is 6.48. The standard InChI is InChI=1S/C22H23.C9H13.C2H7Si.2ClH.Zr/c1-14(2)18-8-4-5-9-20(18)22-19-10-6-7-16(19)13-17-11-15(3)12-21(17)22;1-6-5-7(2)9(4)8(6)3;1-3-2;;;/h4-5,8-9,11-14H,6-7,10H2,1-3H3;5H,1-4H3;3H,1-2H3;2*1H;/q;;;;;+2/p-2. The normalized spacial score (nSPS) is 18.8. The van der Waals surface area contributed by atoms with E-state index < -0.39 is 26.8 Å². The van der Waals surface area contributed by atoms with E-state index in [4.69, 9.17) is 0 Å². The molecule has 0 spiro atoms. The van der Waals surface area contributed by atoms with Crippen LogP contribution in [-0.4, -0.2) is 5.92 Å². The van der Waals surface area contributed by atoms with Gasteiger partial charge in [-0.05, 0) is 0 Å². The molecule has 0 saturated heterocycles. The van der Waals surface area contributed by atoms with E-state index in [1.807, 2.05) is 0 Å². The average Bonchev–Trinajstić information content (AvgIpc) is 3.46. The minimum absolute atomic E-state index is 0. The van der Waals surface area contributed by atoms with Crippen molar-refractivity contribution in [1.29, 1.82) is 0 Å². The smallest absolute Gasteiger partial charge is 1.00 e. The molecule has 0 heterocycles. The van der Waals surface area contributed by atoms with Gasteiger partial charge in [0.15, 0.2) is 0 Å². The summed E-state index contributed by atoms with van der Waals surface area (Å²) < 4.78 is 1.56. The van der Waals surface area contributed by atoms with Gasteiger partial charge in [0, 0.05) is 0 Å². The molecule has 0 aliphatic heterocycles. The van der Waals surface area contributed by atoms with E-state index in [0.29, 0.717) is 5.92 Å². The van der Waals surface area contributed by atoms with Crippen molar-refractivity contribution in [3.8, 4) is 11.1 Å². The fourth-order valence-electron chi connectivity index (χ4n) is 7.40. The molecular weight excluding hydrogens is 587 g/mol. The maximum atomic E-state index is 2.71. The van der Waals surface area contributed by atoms with Crippen LogP contribution in [0.1, 0.15) is 92.2 Å². The van der Waals surface area contributed by atoms with Crippen LogP contribution in [0.4, 0.5) is 0 Å². The van der Waals surface area contributed by atoms with Gasteiger partial charge in [0.05, 0.1) is 0 Å². The Kier molecular flexibility index (Phi) is 9.88. The van der Waals surface area contributed by atoms with Crippen molar-refractivity contribution in [2.75, 3.05) is 0 Å². The third-order valence-corrected chi connectivity index (χ3v) is 31.8. The topological polar surface area (TPSA) is 0 Å². The Hall–Kier alpha value is -0.660. The van der Waals surface area contributed by atoms with Gasteiger partial charge in [0.25, 0.3) is 0 Å². The first-order valence-electron chi connectivity index (χ1n) is 13.8. The van der Waals surface area contributed by atoms with Crippen molar-refractivity contribution in [3.63, 3.8) is 0 Å². The number of benzene rings is 2. The van der Waals surface area contributed by atoms with E-state index in [2.05, 4.69) is 98.0 Å². The molecule has 0 fully saturated rings. The molecule has 0 radical (unpaired) electrons. The molecule has 0 saturated carbocycles. The summed E-state index contributed by atoms with van der Waals surface area (Å²) in [6.45, 7) is 22.3. The quantitative estimate of drug-likeness (QED) is 0.445. The number of rotatable bonds is 5. The molecular formula is C33H43Cl2SiZr. The zero-order valence-corrected chi connectivity index (χ0v) is 29.3. The van der Waals surface area contributed by atoms with Crippen molar-refractivity contribution < 1.29 is 45.7 Å². The van der Waals surface area contributed by atoms with Crippen LogP contribution in [0.5, 0.6) is 0 Å². The summed E-state index contributed by atoms with van der Waals surface area (Å²) >= 11 is -1.89. The maximum Gasteiger partial charge on any atom is -1.00 e. The van der Waals surface area contributed by atoms with E-state index in [1.54, 1.807) is 55.7 Å². The summed E-state index contributed by atoms with van der Waals surface area (Å²) in [5.74, 6) is -0.228. The summed E-state index contributed by atoms with van der Waals surface area (Å²) in [7, 11) is 0. The van der Waals surface area contributed by atoms with E-state index in [-0.39, 0.29) is 24.8 Å². The first-order chi connectivity index (χ1) is 16.6. The average molecular weight is 630 g/mol.